The first-order valence-electron chi connectivity index (χ1n) is 11.1. The Bertz CT molecular complexity index is 750. The summed E-state index contributed by atoms with van der Waals surface area (Å²) in [6.07, 6.45) is 4.43. The Balaban J connectivity index is 2.05. The van der Waals surface area contributed by atoms with E-state index >= 15 is 0 Å². The molecule has 0 aromatic heterocycles. The zero-order valence-electron chi connectivity index (χ0n) is 19.4. The summed E-state index contributed by atoms with van der Waals surface area (Å²) in [5.74, 6) is 1.92. The summed E-state index contributed by atoms with van der Waals surface area (Å²) in [4.78, 5) is 4.65. The van der Waals surface area contributed by atoms with Gasteiger partial charge in [-0.2, -0.15) is 0 Å². The molecule has 155 valence electrons. The Morgan fingerprint density at radius 3 is 1.00 bits per heavy atom. The van der Waals surface area contributed by atoms with Crippen molar-refractivity contribution in [2.75, 3.05) is 9.80 Å². The van der Waals surface area contributed by atoms with Crippen LogP contribution in [0.4, 0.5) is 11.4 Å². The molecule has 2 heteroatoms. The van der Waals surface area contributed by atoms with Gasteiger partial charge < -0.3 is 9.80 Å². The van der Waals surface area contributed by atoms with E-state index in [-0.39, 0.29) is 0 Å². The average Bonchev–Trinajstić information content (AvgIpc) is 3.15. The first-order valence-corrected chi connectivity index (χ1v) is 11.1. The van der Waals surface area contributed by atoms with E-state index in [2.05, 4.69) is 121 Å². The smallest absolute Gasteiger partial charge is 0.150 e. The fraction of sp³-hybridized carbons (Fsp3) is 0.444. The SMILES string of the molecule is CC(C)c1cccc(C(C)C)c1N1[CH]N(c2c(C(C)C)cccc2C(C)C)C=C1. The van der Waals surface area contributed by atoms with Crippen molar-refractivity contribution in [1.82, 2.24) is 0 Å². The predicted octanol–water partition coefficient (Wildman–Crippen LogP) is 8.10. The van der Waals surface area contributed by atoms with Crippen LogP contribution < -0.4 is 9.80 Å². The summed E-state index contributed by atoms with van der Waals surface area (Å²) in [7, 11) is 0. The van der Waals surface area contributed by atoms with Crippen LogP contribution in [-0.2, 0) is 0 Å². The molecule has 0 N–H and O–H groups in total. The summed E-state index contributed by atoms with van der Waals surface area (Å²) in [5.41, 5.74) is 8.29. The fourth-order valence-corrected chi connectivity index (χ4v) is 4.24. The quantitative estimate of drug-likeness (QED) is 0.492. The molecule has 0 bridgehead atoms. The average molecular weight is 390 g/mol. The molecule has 29 heavy (non-hydrogen) atoms. The summed E-state index contributed by atoms with van der Waals surface area (Å²) in [6, 6.07) is 13.5. The summed E-state index contributed by atoms with van der Waals surface area (Å²) >= 11 is 0. The van der Waals surface area contributed by atoms with Gasteiger partial charge in [0.2, 0.25) is 0 Å². The minimum Gasteiger partial charge on any atom is -0.321 e. The van der Waals surface area contributed by atoms with E-state index in [1.165, 1.54) is 33.6 Å². The highest BCUT2D eigenvalue weighted by Crippen LogP contribution is 2.42. The maximum atomic E-state index is 2.33. The highest BCUT2D eigenvalue weighted by atomic mass is 15.3. The number of anilines is 2. The lowest BCUT2D eigenvalue weighted by molar-refractivity contribution is 0.819. The van der Waals surface area contributed by atoms with E-state index in [0.717, 1.165) is 0 Å². The number of nitrogens with zero attached hydrogens (tertiary/aromatic N) is 2. The van der Waals surface area contributed by atoms with Gasteiger partial charge in [0.25, 0.3) is 0 Å². The molecule has 1 radical (unpaired) electrons. The topological polar surface area (TPSA) is 6.48 Å². The van der Waals surface area contributed by atoms with Crippen LogP contribution in [-0.4, -0.2) is 0 Å². The lowest BCUT2D eigenvalue weighted by Gasteiger charge is -2.30. The molecule has 2 aromatic rings. The molecular formula is C27H37N2. The first-order chi connectivity index (χ1) is 13.7. The van der Waals surface area contributed by atoms with Crippen LogP contribution in [0, 0.1) is 6.67 Å². The highest BCUT2D eigenvalue weighted by Gasteiger charge is 2.26. The van der Waals surface area contributed by atoms with E-state index < -0.39 is 0 Å². The van der Waals surface area contributed by atoms with Crippen molar-refractivity contribution in [3.8, 4) is 0 Å². The normalized spacial score (nSPS) is 14.3. The standard InChI is InChI=1S/C27H37N2/c1-18(2)22-11-9-12-23(19(3)4)26(22)28-15-16-29(17-28)27-24(20(5)6)13-10-14-25(27)21(7)8/h9-21H,1-8H3. The maximum Gasteiger partial charge on any atom is 0.150 e. The molecule has 0 fully saturated rings. The van der Waals surface area contributed by atoms with Crippen LogP contribution in [0.15, 0.2) is 48.8 Å². The van der Waals surface area contributed by atoms with Gasteiger partial charge in [-0.1, -0.05) is 91.8 Å². The van der Waals surface area contributed by atoms with Crippen molar-refractivity contribution in [3.63, 3.8) is 0 Å². The number of benzene rings is 2. The molecule has 1 aliphatic heterocycles. The van der Waals surface area contributed by atoms with Crippen molar-refractivity contribution in [3.05, 3.63) is 77.7 Å². The van der Waals surface area contributed by atoms with Crippen LogP contribution in [0.3, 0.4) is 0 Å². The van der Waals surface area contributed by atoms with Gasteiger partial charge in [0.15, 0.2) is 6.67 Å². The number of hydrogen-bond donors (Lipinski definition) is 0. The van der Waals surface area contributed by atoms with Crippen LogP contribution in [0.5, 0.6) is 0 Å². The van der Waals surface area contributed by atoms with Crippen molar-refractivity contribution in [2.45, 2.75) is 79.1 Å². The summed E-state index contributed by atoms with van der Waals surface area (Å²) in [6.45, 7) is 20.5. The highest BCUT2D eigenvalue weighted by molar-refractivity contribution is 5.72. The lowest BCUT2D eigenvalue weighted by atomic mass is 9.91. The Morgan fingerprint density at radius 1 is 0.483 bits per heavy atom. The Hall–Kier alpha value is -2.22. The summed E-state index contributed by atoms with van der Waals surface area (Å²) < 4.78 is 0. The molecule has 0 spiro atoms. The number of rotatable bonds is 6. The Labute approximate surface area is 178 Å². The van der Waals surface area contributed by atoms with Gasteiger partial charge >= 0.3 is 0 Å². The molecule has 3 rings (SSSR count). The van der Waals surface area contributed by atoms with Crippen molar-refractivity contribution in [1.29, 1.82) is 0 Å². The maximum absolute atomic E-state index is 2.33. The van der Waals surface area contributed by atoms with E-state index in [0.29, 0.717) is 23.7 Å². The largest absolute Gasteiger partial charge is 0.321 e. The second kappa shape index (κ2) is 8.65. The van der Waals surface area contributed by atoms with E-state index in [4.69, 9.17) is 0 Å². The second-order valence-corrected chi connectivity index (χ2v) is 9.42. The van der Waals surface area contributed by atoms with E-state index in [1.54, 1.807) is 0 Å². The predicted molar refractivity (Wildman–Crippen MR) is 128 cm³/mol. The van der Waals surface area contributed by atoms with Crippen LogP contribution in [0.25, 0.3) is 0 Å². The monoisotopic (exact) mass is 389 g/mol. The van der Waals surface area contributed by atoms with Gasteiger partial charge in [0.05, 0.1) is 0 Å². The molecular weight excluding hydrogens is 352 g/mol. The van der Waals surface area contributed by atoms with Gasteiger partial charge in [-0.3, -0.25) is 0 Å². The molecule has 1 heterocycles. The van der Waals surface area contributed by atoms with Crippen molar-refractivity contribution < 1.29 is 0 Å². The van der Waals surface area contributed by atoms with E-state index in [9.17, 15) is 0 Å². The van der Waals surface area contributed by atoms with Crippen LogP contribution in [0.2, 0.25) is 0 Å². The minimum absolute atomic E-state index is 0.480. The number of para-hydroxylation sites is 2. The van der Waals surface area contributed by atoms with Crippen LogP contribution >= 0.6 is 0 Å². The molecule has 0 unspecified atom stereocenters. The fourth-order valence-electron chi connectivity index (χ4n) is 4.24. The van der Waals surface area contributed by atoms with Crippen molar-refractivity contribution in [2.24, 2.45) is 0 Å². The van der Waals surface area contributed by atoms with Gasteiger partial charge in [0, 0.05) is 23.8 Å². The lowest BCUT2D eigenvalue weighted by Crippen LogP contribution is -2.23. The molecule has 1 aliphatic rings. The van der Waals surface area contributed by atoms with Crippen molar-refractivity contribution >= 4 is 11.4 Å². The number of hydrogen-bond acceptors (Lipinski definition) is 2. The molecule has 0 saturated heterocycles. The zero-order valence-corrected chi connectivity index (χ0v) is 19.4. The molecule has 2 nitrogen and oxygen atoms in total. The molecule has 2 aromatic carbocycles. The molecule has 0 aliphatic carbocycles. The third-order valence-electron chi connectivity index (χ3n) is 5.84. The first kappa shape index (κ1) is 21.5. The Morgan fingerprint density at radius 2 is 0.759 bits per heavy atom. The van der Waals surface area contributed by atoms with Gasteiger partial charge in [-0.05, 0) is 45.9 Å². The third-order valence-corrected chi connectivity index (χ3v) is 5.84. The van der Waals surface area contributed by atoms with E-state index in [1.807, 2.05) is 0 Å². The Kier molecular flexibility index (Phi) is 6.41. The van der Waals surface area contributed by atoms with Gasteiger partial charge in [-0.25, -0.2) is 0 Å². The van der Waals surface area contributed by atoms with Gasteiger partial charge in [-0.15, -0.1) is 0 Å². The van der Waals surface area contributed by atoms with Crippen LogP contribution in [0.1, 0.15) is 101 Å². The third kappa shape index (κ3) is 4.22. The molecule has 0 saturated carbocycles. The zero-order chi connectivity index (χ0) is 21.3. The van der Waals surface area contributed by atoms with Gasteiger partial charge in [0.1, 0.15) is 0 Å². The molecule has 0 atom stereocenters. The molecule has 0 amide bonds. The summed E-state index contributed by atoms with van der Waals surface area (Å²) in [5, 5.41) is 0. The minimum atomic E-state index is 0.480. The second-order valence-electron chi connectivity index (χ2n) is 9.42.